The van der Waals surface area contributed by atoms with Crippen LogP contribution in [0.5, 0.6) is 5.75 Å². The number of hydrogen-bond acceptors (Lipinski definition) is 4. The number of methoxy groups -OCH3 is 2. The summed E-state index contributed by atoms with van der Waals surface area (Å²) in [7, 11) is 3.10. The number of carbonyl (C=O) groups excluding carboxylic acids is 1. The van der Waals surface area contributed by atoms with E-state index in [1.165, 1.54) is 12.7 Å². The summed E-state index contributed by atoms with van der Waals surface area (Å²) >= 11 is 0. The number of hydrogen-bond donors (Lipinski definition) is 0. The van der Waals surface area contributed by atoms with Gasteiger partial charge >= 0.3 is 5.97 Å². The molecule has 21 heavy (non-hydrogen) atoms. The van der Waals surface area contributed by atoms with Gasteiger partial charge in [0.25, 0.3) is 0 Å². The van der Waals surface area contributed by atoms with Gasteiger partial charge in [0.15, 0.2) is 0 Å². The van der Waals surface area contributed by atoms with Crippen LogP contribution >= 0.6 is 0 Å². The van der Waals surface area contributed by atoms with Gasteiger partial charge in [0, 0.05) is 5.54 Å². The number of fused-ring (bicyclic) bond motifs is 1. The third-order valence-electron chi connectivity index (χ3n) is 4.41. The van der Waals surface area contributed by atoms with E-state index in [1.54, 1.807) is 7.11 Å². The SMILES string of the molecule is COC(=O)[C@H](C)N1c2c(OC)cccc2[C@H](C)CC1(C)C. The van der Waals surface area contributed by atoms with E-state index in [0.29, 0.717) is 5.92 Å². The number of nitrogens with zero attached hydrogens (tertiary/aromatic N) is 1. The van der Waals surface area contributed by atoms with Crippen molar-refractivity contribution in [2.24, 2.45) is 0 Å². The molecule has 2 atom stereocenters. The number of rotatable bonds is 3. The molecule has 1 heterocycles. The fourth-order valence-electron chi connectivity index (χ4n) is 3.61. The van der Waals surface area contributed by atoms with Gasteiger partial charge in [-0.25, -0.2) is 4.79 Å². The van der Waals surface area contributed by atoms with Crippen LogP contribution in [0.4, 0.5) is 5.69 Å². The number of benzene rings is 1. The van der Waals surface area contributed by atoms with Gasteiger partial charge in [-0.15, -0.1) is 0 Å². The monoisotopic (exact) mass is 291 g/mol. The van der Waals surface area contributed by atoms with Gasteiger partial charge in [-0.1, -0.05) is 19.1 Å². The Morgan fingerprint density at radius 2 is 2.05 bits per heavy atom. The Morgan fingerprint density at radius 3 is 2.62 bits per heavy atom. The maximum absolute atomic E-state index is 12.1. The Bertz CT molecular complexity index is 539. The number of ether oxygens (including phenoxy) is 2. The van der Waals surface area contributed by atoms with E-state index in [2.05, 4.69) is 31.7 Å². The molecule has 1 aliphatic rings. The Hall–Kier alpha value is -1.71. The summed E-state index contributed by atoms with van der Waals surface area (Å²) in [5.74, 6) is 1.00. The molecule has 0 spiro atoms. The van der Waals surface area contributed by atoms with E-state index in [-0.39, 0.29) is 17.6 Å². The first kappa shape index (κ1) is 15.7. The number of esters is 1. The molecule has 0 saturated carbocycles. The van der Waals surface area contributed by atoms with Gasteiger partial charge in [-0.3, -0.25) is 0 Å². The van der Waals surface area contributed by atoms with E-state index >= 15 is 0 Å². The molecule has 4 nitrogen and oxygen atoms in total. The molecular weight excluding hydrogens is 266 g/mol. The molecular formula is C17H25NO3. The molecule has 0 amide bonds. The average Bonchev–Trinajstić information content (AvgIpc) is 2.44. The highest BCUT2D eigenvalue weighted by atomic mass is 16.5. The molecule has 116 valence electrons. The molecule has 0 aromatic heterocycles. The maximum Gasteiger partial charge on any atom is 0.328 e. The zero-order valence-electron chi connectivity index (χ0n) is 13.8. The Morgan fingerprint density at radius 1 is 1.38 bits per heavy atom. The number of anilines is 1. The van der Waals surface area contributed by atoms with Crippen LogP contribution in [0.15, 0.2) is 18.2 Å². The quantitative estimate of drug-likeness (QED) is 0.801. The summed E-state index contributed by atoms with van der Waals surface area (Å²) in [6.07, 6.45) is 0.981. The van der Waals surface area contributed by atoms with Crippen LogP contribution in [-0.2, 0) is 9.53 Å². The lowest BCUT2D eigenvalue weighted by Crippen LogP contribution is -2.55. The molecule has 0 bridgehead atoms. The summed E-state index contributed by atoms with van der Waals surface area (Å²) < 4.78 is 10.5. The van der Waals surface area contributed by atoms with Gasteiger partial charge < -0.3 is 14.4 Å². The van der Waals surface area contributed by atoms with Crippen LogP contribution in [0.2, 0.25) is 0 Å². The molecule has 1 aromatic carbocycles. The van der Waals surface area contributed by atoms with E-state index in [1.807, 2.05) is 19.1 Å². The van der Waals surface area contributed by atoms with Gasteiger partial charge in [-0.2, -0.15) is 0 Å². The molecule has 0 N–H and O–H groups in total. The van der Waals surface area contributed by atoms with Crippen molar-refractivity contribution in [3.63, 3.8) is 0 Å². The lowest BCUT2D eigenvalue weighted by atomic mass is 9.79. The third kappa shape index (κ3) is 2.59. The molecule has 0 aliphatic carbocycles. The normalized spacial score (nSPS) is 21.4. The standard InChI is InChI=1S/C17H25NO3/c1-11-10-17(3,4)18(12(2)16(19)21-6)15-13(11)8-7-9-14(15)20-5/h7-9,11-12H,10H2,1-6H3/t11-,12+/m1/s1. The van der Waals surface area contributed by atoms with Crippen molar-refractivity contribution in [1.29, 1.82) is 0 Å². The summed E-state index contributed by atoms with van der Waals surface area (Å²) in [4.78, 5) is 14.2. The minimum Gasteiger partial charge on any atom is -0.495 e. The third-order valence-corrected chi connectivity index (χ3v) is 4.41. The van der Waals surface area contributed by atoms with Crippen molar-refractivity contribution >= 4 is 11.7 Å². The fraction of sp³-hybridized carbons (Fsp3) is 0.588. The first-order chi connectivity index (χ1) is 9.83. The highest BCUT2D eigenvalue weighted by Crippen LogP contribution is 2.48. The van der Waals surface area contributed by atoms with Gasteiger partial charge in [0.05, 0.1) is 19.9 Å². The van der Waals surface area contributed by atoms with E-state index in [4.69, 9.17) is 9.47 Å². The molecule has 1 aliphatic heterocycles. The van der Waals surface area contributed by atoms with E-state index in [9.17, 15) is 4.79 Å². The summed E-state index contributed by atoms with van der Waals surface area (Å²) in [6, 6.07) is 5.72. The summed E-state index contributed by atoms with van der Waals surface area (Å²) in [5.41, 5.74) is 2.10. The molecule has 0 radical (unpaired) electrons. The van der Waals surface area contributed by atoms with Gasteiger partial charge in [-0.05, 0) is 44.7 Å². The van der Waals surface area contributed by atoms with Crippen LogP contribution in [0.25, 0.3) is 0 Å². The van der Waals surface area contributed by atoms with Crippen molar-refractivity contribution in [2.45, 2.75) is 51.6 Å². The van der Waals surface area contributed by atoms with E-state index < -0.39 is 0 Å². The summed E-state index contributed by atoms with van der Waals surface area (Å²) in [6.45, 7) is 8.44. The van der Waals surface area contributed by atoms with Crippen molar-refractivity contribution in [3.8, 4) is 5.75 Å². The molecule has 2 rings (SSSR count). The second-order valence-corrected chi connectivity index (χ2v) is 6.38. The minimum atomic E-state index is -0.354. The Balaban J connectivity index is 2.63. The smallest absolute Gasteiger partial charge is 0.328 e. The highest BCUT2D eigenvalue weighted by Gasteiger charge is 2.42. The van der Waals surface area contributed by atoms with Crippen LogP contribution < -0.4 is 9.64 Å². The first-order valence-electron chi connectivity index (χ1n) is 7.37. The molecule has 0 fully saturated rings. The highest BCUT2D eigenvalue weighted by molar-refractivity contribution is 5.83. The summed E-state index contributed by atoms with van der Waals surface area (Å²) in [5, 5.41) is 0. The zero-order valence-corrected chi connectivity index (χ0v) is 13.8. The number of carbonyl (C=O) groups is 1. The molecule has 0 saturated heterocycles. The van der Waals surface area contributed by atoms with Crippen molar-refractivity contribution in [1.82, 2.24) is 0 Å². The molecule has 4 heteroatoms. The van der Waals surface area contributed by atoms with E-state index in [0.717, 1.165) is 17.9 Å². The minimum absolute atomic E-state index is 0.144. The fourth-order valence-corrected chi connectivity index (χ4v) is 3.61. The van der Waals surface area contributed by atoms with Crippen LogP contribution in [-0.4, -0.2) is 31.8 Å². The first-order valence-corrected chi connectivity index (χ1v) is 7.37. The van der Waals surface area contributed by atoms with Crippen molar-refractivity contribution < 1.29 is 14.3 Å². The second kappa shape index (κ2) is 5.58. The largest absolute Gasteiger partial charge is 0.495 e. The predicted octanol–water partition coefficient (Wildman–Crippen LogP) is 3.35. The lowest BCUT2D eigenvalue weighted by Gasteiger charge is -2.49. The predicted molar refractivity (Wildman–Crippen MR) is 84.1 cm³/mol. The number of para-hydroxylation sites is 1. The van der Waals surface area contributed by atoms with Crippen molar-refractivity contribution in [3.05, 3.63) is 23.8 Å². The molecule has 1 aromatic rings. The van der Waals surface area contributed by atoms with Crippen LogP contribution in [0.1, 0.15) is 45.6 Å². The van der Waals surface area contributed by atoms with Crippen LogP contribution in [0, 0.1) is 0 Å². The average molecular weight is 291 g/mol. The Kier molecular flexibility index (Phi) is 4.17. The maximum atomic E-state index is 12.1. The van der Waals surface area contributed by atoms with Gasteiger partial charge in [0.1, 0.15) is 11.8 Å². The van der Waals surface area contributed by atoms with Crippen LogP contribution in [0.3, 0.4) is 0 Å². The molecule has 0 unspecified atom stereocenters. The lowest BCUT2D eigenvalue weighted by molar-refractivity contribution is -0.142. The zero-order chi connectivity index (χ0) is 15.8. The van der Waals surface area contributed by atoms with Crippen molar-refractivity contribution in [2.75, 3.05) is 19.1 Å². The topological polar surface area (TPSA) is 38.8 Å². The second-order valence-electron chi connectivity index (χ2n) is 6.38. The van der Waals surface area contributed by atoms with Gasteiger partial charge in [0.2, 0.25) is 0 Å². The Labute approximate surface area is 127 Å².